The largest absolute Gasteiger partial charge is 0.207 e. The predicted octanol–water partition coefficient (Wildman–Crippen LogP) is 3.60. The van der Waals surface area contributed by atoms with Crippen LogP contribution in [0, 0.1) is 5.82 Å². The van der Waals surface area contributed by atoms with Crippen LogP contribution in [0.3, 0.4) is 0 Å². The van der Waals surface area contributed by atoms with E-state index in [9.17, 15) is 4.39 Å². The van der Waals surface area contributed by atoms with Crippen molar-refractivity contribution < 1.29 is 4.39 Å². The summed E-state index contributed by atoms with van der Waals surface area (Å²) in [6, 6.07) is 6.20. The molecule has 1 aromatic rings. The molecule has 0 saturated carbocycles. The molecule has 0 aliphatic heterocycles. The Kier molecular flexibility index (Phi) is 3.25. The molecule has 0 heterocycles. The first-order valence-electron chi connectivity index (χ1n) is 4.07. The molecular formula is C10H12ClFS. The van der Waals surface area contributed by atoms with Gasteiger partial charge in [-0.05, 0) is 24.6 Å². The van der Waals surface area contributed by atoms with Crippen LogP contribution in [0.25, 0.3) is 0 Å². The van der Waals surface area contributed by atoms with E-state index in [1.807, 2.05) is 13.8 Å². The van der Waals surface area contributed by atoms with Crippen LogP contribution in [0.5, 0.6) is 0 Å². The Balaban J connectivity index is 3.01. The summed E-state index contributed by atoms with van der Waals surface area (Å²) in [5.41, 5.74) is 0.887. The lowest BCUT2D eigenvalue weighted by Gasteiger charge is -2.26. The first kappa shape index (κ1) is 10.9. The van der Waals surface area contributed by atoms with Crippen molar-refractivity contribution in [3.8, 4) is 0 Å². The fourth-order valence-electron chi connectivity index (χ4n) is 1.02. The van der Waals surface area contributed by atoms with Crippen molar-refractivity contribution in [2.75, 3.05) is 0 Å². The van der Waals surface area contributed by atoms with Crippen molar-refractivity contribution in [1.29, 1.82) is 0 Å². The number of thiol groups is 1. The van der Waals surface area contributed by atoms with Crippen molar-refractivity contribution in [3.05, 3.63) is 35.6 Å². The molecule has 3 heteroatoms. The van der Waals surface area contributed by atoms with E-state index in [0.29, 0.717) is 0 Å². The maximum absolute atomic E-state index is 12.6. The molecule has 1 aromatic carbocycles. The summed E-state index contributed by atoms with van der Waals surface area (Å²) in [5, 5.41) is 0.0135. The van der Waals surface area contributed by atoms with E-state index < -0.39 is 4.87 Å². The van der Waals surface area contributed by atoms with Crippen LogP contribution in [0.4, 0.5) is 4.39 Å². The average molecular weight is 219 g/mol. The molecule has 0 saturated heterocycles. The van der Waals surface area contributed by atoms with Gasteiger partial charge in [-0.15, -0.1) is 11.6 Å². The van der Waals surface area contributed by atoms with E-state index in [1.165, 1.54) is 12.1 Å². The Hall–Kier alpha value is -0.210. The van der Waals surface area contributed by atoms with Crippen molar-refractivity contribution >= 4 is 24.2 Å². The van der Waals surface area contributed by atoms with E-state index in [4.69, 9.17) is 11.6 Å². The molecule has 1 rings (SSSR count). The molecule has 0 aliphatic carbocycles. The topological polar surface area (TPSA) is 0 Å². The van der Waals surface area contributed by atoms with Crippen molar-refractivity contribution in [3.63, 3.8) is 0 Å². The highest BCUT2D eigenvalue weighted by molar-refractivity contribution is 7.81. The van der Waals surface area contributed by atoms with Gasteiger partial charge in [0.25, 0.3) is 0 Å². The molecular weight excluding hydrogens is 207 g/mol. The van der Waals surface area contributed by atoms with Gasteiger partial charge in [0, 0.05) is 5.25 Å². The molecule has 72 valence electrons. The van der Waals surface area contributed by atoms with Gasteiger partial charge in [-0.2, -0.15) is 12.6 Å². The maximum atomic E-state index is 12.6. The van der Waals surface area contributed by atoms with Gasteiger partial charge in [0.15, 0.2) is 0 Å². The Bertz CT molecular complexity index is 279. The molecule has 0 aliphatic rings. The molecule has 0 fully saturated rings. The average Bonchev–Trinajstić information content (AvgIpc) is 2.04. The predicted molar refractivity (Wildman–Crippen MR) is 58.1 cm³/mol. The zero-order valence-corrected chi connectivity index (χ0v) is 9.24. The zero-order chi connectivity index (χ0) is 10.1. The van der Waals surface area contributed by atoms with Gasteiger partial charge in [0.2, 0.25) is 0 Å². The summed E-state index contributed by atoms with van der Waals surface area (Å²) in [6.07, 6.45) is 0. The molecule has 0 spiro atoms. The Morgan fingerprint density at radius 2 is 1.85 bits per heavy atom. The first-order chi connectivity index (χ1) is 5.94. The second-order valence-corrected chi connectivity index (χ2v) is 4.82. The van der Waals surface area contributed by atoms with E-state index in [1.54, 1.807) is 12.1 Å². The van der Waals surface area contributed by atoms with Gasteiger partial charge in [-0.3, -0.25) is 0 Å². The number of hydrogen-bond acceptors (Lipinski definition) is 1. The lowest BCUT2D eigenvalue weighted by Crippen LogP contribution is -2.23. The lowest BCUT2D eigenvalue weighted by atomic mass is 9.97. The summed E-state index contributed by atoms with van der Waals surface area (Å²) in [7, 11) is 0. The second kappa shape index (κ2) is 3.89. The minimum Gasteiger partial charge on any atom is -0.207 e. The fraction of sp³-hybridized carbons (Fsp3) is 0.400. The summed E-state index contributed by atoms with van der Waals surface area (Å²) < 4.78 is 12.6. The van der Waals surface area contributed by atoms with Crippen LogP contribution < -0.4 is 0 Å². The standard InChI is InChI=1S/C10H12ClFS/c1-7(13)10(2,11)8-3-5-9(12)6-4-8/h3-7,13H,1-2H3. The van der Waals surface area contributed by atoms with Gasteiger partial charge in [-0.25, -0.2) is 4.39 Å². The second-order valence-electron chi connectivity index (χ2n) is 3.26. The van der Waals surface area contributed by atoms with E-state index in [0.717, 1.165) is 5.56 Å². The van der Waals surface area contributed by atoms with Crippen LogP contribution in [-0.4, -0.2) is 5.25 Å². The minimum absolute atomic E-state index is 0.0135. The number of alkyl halides is 1. The molecule has 0 bridgehead atoms. The van der Waals surface area contributed by atoms with E-state index in [2.05, 4.69) is 12.6 Å². The highest BCUT2D eigenvalue weighted by Gasteiger charge is 2.28. The Labute approximate surface area is 88.5 Å². The third-order valence-corrected chi connectivity index (χ3v) is 3.41. The first-order valence-corrected chi connectivity index (χ1v) is 4.97. The highest BCUT2D eigenvalue weighted by atomic mass is 35.5. The van der Waals surface area contributed by atoms with Crippen LogP contribution in [0.2, 0.25) is 0 Å². The van der Waals surface area contributed by atoms with E-state index >= 15 is 0 Å². The summed E-state index contributed by atoms with van der Waals surface area (Å²) in [4.78, 5) is -0.545. The number of halogens is 2. The van der Waals surface area contributed by atoms with Gasteiger partial charge in [-0.1, -0.05) is 19.1 Å². The van der Waals surface area contributed by atoms with Crippen LogP contribution in [-0.2, 0) is 4.87 Å². The number of benzene rings is 1. The Morgan fingerprint density at radius 1 is 1.38 bits per heavy atom. The molecule has 0 nitrogen and oxygen atoms in total. The fourth-order valence-corrected chi connectivity index (χ4v) is 1.29. The summed E-state index contributed by atoms with van der Waals surface area (Å²) in [6.45, 7) is 3.79. The number of rotatable bonds is 2. The highest BCUT2D eigenvalue weighted by Crippen LogP contribution is 2.34. The lowest BCUT2D eigenvalue weighted by molar-refractivity contribution is 0.621. The molecule has 0 aromatic heterocycles. The van der Waals surface area contributed by atoms with Gasteiger partial charge < -0.3 is 0 Å². The molecule has 0 radical (unpaired) electrons. The van der Waals surface area contributed by atoms with Crippen molar-refractivity contribution in [1.82, 2.24) is 0 Å². The SMILES string of the molecule is CC(S)C(C)(Cl)c1ccc(F)cc1. The van der Waals surface area contributed by atoms with Crippen LogP contribution >= 0.6 is 24.2 Å². The van der Waals surface area contributed by atoms with Crippen molar-refractivity contribution in [2.45, 2.75) is 24.0 Å². The third kappa shape index (κ3) is 2.38. The smallest absolute Gasteiger partial charge is 0.123 e. The summed E-state index contributed by atoms with van der Waals surface area (Å²) in [5.74, 6) is -0.247. The van der Waals surface area contributed by atoms with Crippen molar-refractivity contribution in [2.24, 2.45) is 0 Å². The maximum Gasteiger partial charge on any atom is 0.123 e. The normalized spacial score (nSPS) is 17.9. The van der Waals surface area contributed by atoms with Gasteiger partial charge >= 0.3 is 0 Å². The monoisotopic (exact) mass is 218 g/mol. The molecule has 2 unspecified atom stereocenters. The van der Waals surface area contributed by atoms with Gasteiger partial charge in [0.05, 0.1) is 4.87 Å². The molecule has 0 N–H and O–H groups in total. The molecule has 13 heavy (non-hydrogen) atoms. The van der Waals surface area contributed by atoms with Crippen LogP contribution in [0.1, 0.15) is 19.4 Å². The molecule has 2 atom stereocenters. The van der Waals surface area contributed by atoms with E-state index in [-0.39, 0.29) is 11.1 Å². The quantitative estimate of drug-likeness (QED) is 0.569. The van der Waals surface area contributed by atoms with Crippen LogP contribution in [0.15, 0.2) is 24.3 Å². The van der Waals surface area contributed by atoms with Gasteiger partial charge in [0.1, 0.15) is 5.82 Å². The molecule has 0 amide bonds. The zero-order valence-electron chi connectivity index (χ0n) is 7.59. The number of hydrogen-bond donors (Lipinski definition) is 1. The Morgan fingerprint density at radius 3 is 2.23 bits per heavy atom. The summed E-state index contributed by atoms with van der Waals surface area (Å²) >= 11 is 10.5. The minimum atomic E-state index is -0.545. The third-order valence-electron chi connectivity index (χ3n) is 2.19.